The summed E-state index contributed by atoms with van der Waals surface area (Å²) in [4.78, 5) is 14.3. The monoisotopic (exact) mass is 367 g/mol. The minimum Gasteiger partial charge on any atom is -0.474 e. The molecule has 0 saturated heterocycles. The maximum absolute atomic E-state index is 12.9. The van der Waals surface area contributed by atoms with Crippen LogP contribution >= 0.6 is 0 Å². The van der Waals surface area contributed by atoms with Crippen LogP contribution in [0, 0.1) is 6.92 Å². The van der Waals surface area contributed by atoms with E-state index in [1.54, 1.807) is 50.2 Å². The molecule has 0 saturated carbocycles. The third-order valence-corrected chi connectivity index (χ3v) is 3.77. The van der Waals surface area contributed by atoms with E-state index >= 15 is 0 Å². The molecule has 2 aromatic carbocycles. The van der Waals surface area contributed by atoms with Crippen LogP contribution in [0.5, 0.6) is 11.6 Å². The van der Waals surface area contributed by atoms with Gasteiger partial charge in [0, 0.05) is 0 Å². The predicted octanol–water partition coefficient (Wildman–Crippen LogP) is 3.81. The lowest BCUT2D eigenvalue weighted by atomic mass is 10.2. The minimum atomic E-state index is -0.627. The van der Waals surface area contributed by atoms with Crippen LogP contribution in [0.1, 0.15) is 12.5 Å². The van der Waals surface area contributed by atoms with Gasteiger partial charge in [0.05, 0.1) is 17.4 Å². The van der Waals surface area contributed by atoms with E-state index in [2.05, 4.69) is 10.2 Å². The number of aliphatic hydroxyl groups is 1. The molecule has 27 heavy (non-hydrogen) atoms. The van der Waals surface area contributed by atoms with E-state index in [9.17, 15) is 9.90 Å². The third-order valence-electron chi connectivity index (χ3n) is 3.77. The Labute approximate surface area is 157 Å². The van der Waals surface area contributed by atoms with Crippen molar-refractivity contribution < 1.29 is 19.4 Å². The summed E-state index contributed by atoms with van der Waals surface area (Å²) in [5.74, 6) is 1.19. The van der Waals surface area contributed by atoms with Crippen molar-refractivity contribution in [3.63, 3.8) is 0 Å². The van der Waals surface area contributed by atoms with Gasteiger partial charge in [0.2, 0.25) is 5.88 Å². The molecule has 0 aliphatic heterocycles. The fraction of sp³-hybridized carbons (Fsp3) is 0.200. The summed E-state index contributed by atoms with van der Waals surface area (Å²) >= 11 is 0. The summed E-state index contributed by atoms with van der Waals surface area (Å²) in [6, 6.07) is 17.9. The van der Waals surface area contributed by atoms with Crippen molar-refractivity contribution in [2.75, 3.05) is 11.5 Å². The van der Waals surface area contributed by atoms with Crippen LogP contribution < -0.4 is 14.4 Å². The lowest BCUT2D eigenvalue weighted by molar-refractivity contribution is 0.119. The highest BCUT2D eigenvalue weighted by Crippen LogP contribution is 2.32. The molecule has 3 rings (SSSR count). The number of anilines is 2. The van der Waals surface area contributed by atoms with E-state index in [0.717, 1.165) is 0 Å². The first-order chi connectivity index (χ1) is 13.1. The molecule has 0 aliphatic rings. The van der Waals surface area contributed by atoms with Crippen molar-refractivity contribution in [1.82, 2.24) is 10.2 Å². The summed E-state index contributed by atoms with van der Waals surface area (Å²) < 4.78 is 11.0. The zero-order chi connectivity index (χ0) is 19.2. The first kappa shape index (κ1) is 18.5. The Hall–Kier alpha value is -3.32. The van der Waals surface area contributed by atoms with Crippen molar-refractivity contribution in [2.24, 2.45) is 0 Å². The highest BCUT2D eigenvalue weighted by Gasteiger charge is 2.26. The lowest BCUT2D eigenvalue weighted by Crippen LogP contribution is -2.30. The number of aromatic amines is 1. The summed E-state index contributed by atoms with van der Waals surface area (Å²) in [6.07, 6.45) is -1.21. The standard InChI is InChI=1S/C20H21N3O4/c1-14(24)13-26-19-15(2)18(21-22-19)23(16-9-5-3-6-10-16)20(25)27-17-11-7-4-8-12-17/h3-12,14,24H,13H2,1-2H3,(H,21,22)/t14-/m0/s1. The summed E-state index contributed by atoms with van der Waals surface area (Å²) in [7, 11) is 0. The number of hydrogen-bond acceptors (Lipinski definition) is 5. The van der Waals surface area contributed by atoms with Gasteiger partial charge in [0.15, 0.2) is 0 Å². The number of rotatable bonds is 6. The number of benzene rings is 2. The van der Waals surface area contributed by atoms with Crippen LogP contribution in [-0.4, -0.2) is 34.1 Å². The molecule has 0 radical (unpaired) electrons. The number of nitrogens with zero attached hydrogens (tertiary/aromatic N) is 2. The van der Waals surface area contributed by atoms with Gasteiger partial charge in [-0.15, -0.1) is 5.10 Å². The van der Waals surface area contributed by atoms with Gasteiger partial charge in [-0.3, -0.25) is 5.10 Å². The smallest absolute Gasteiger partial charge is 0.425 e. The van der Waals surface area contributed by atoms with Gasteiger partial charge in [-0.05, 0) is 38.1 Å². The van der Waals surface area contributed by atoms with Gasteiger partial charge in [-0.25, -0.2) is 9.69 Å². The molecule has 7 heteroatoms. The van der Waals surface area contributed by atoms with Crippen LogP contribution in [0.3, 0.4) is 0 Å². The van der Waals surface area contributed by atoms with Crippen LogP contribution in [0.2, 0.25) is 0 Å². The highest BCUT2D eigenvalue weighted by molar-refractivity contribution is 5.97. The van der Waals surface area contributed by atoms with Crippen LogP contribution in [-0.2, 0) is 0 Å². The zero-order valence-corrected chi connectivity index (χ0v) is 15.1. The van der Waals surface area contributed by atoms with Crippen LogP contribution in [0.4, 0.5) is 16.3 Å². The van der Waals surface area contributed by atoms with Crippen LogP contribution in [0.25, 0.3) is 0 Å². The first-order valence-corrected chi connectivity index (χ1v) is 8.54. The Morgan fingerprint density at radius 1 is 1.15 bits per heavy atom. The summed E-state index contributed by atoms with van der Waals surface area (Å²) in [5, 5.41) is 16.4. The van der Waals surface area contributed by atoms with Crippen molar-refractivity contribution in [2.45, 2.75) is 20.0 Å². The SMILES string of the molecule is Cc1c(OC[C@H](C)O)n[nH]c1N(C(=O)Oc1ccccc1)c1ccccc1. The molecule has 1 atom stereocenters. The molecule has 0 spiro atoms. The number of hydrogen-bond donors (Lipinski definition) is 2. The zero-order valence-electron chi connectivity index (χ0n) is 15.1. The molecular weight excluding hydrogens is 346 g/mol. The number of ether oxygens (including phenoxy) is 2. The molecule has 7 nitrogen and oxygen atoms in total. The van der Waals surface area contributed by atoms with Crippen LogP contribution in [0.15, 0.2) is 60.7 Å². The highest BCUT2D eigenvalue weighted by atomic mass is 16.6. The molecule has 0 bridgehead atoms. The lowest BCUT2D eigenvalue weighted by Gasteiger charge is -2.21. The van der Waals surface area contributed by atoms with E-state index in [1.165, 1.54) is 4.90 Å². The van der Waals surface area contributed by atoms with E-state index in [1.807, 2.05) is 24.3 Å². The molecule has 0 aliphatic carbocycles. The predicted molar refractivity (Wildman–Crippen MR) is 102 cm³/mol. The average Bonchev–Trinajstić information content (AvgIpc) is 3.02. The first-order valence-electron chi connectivity index (χ1n) is 8.54. The number of aliphatic hydroxyl groups excluding tert-OH is 1. The fourth-order valence-electron chi connectivity index (χ4n) is 2.47. The molecule has 1 amide bonds. The normalized spacial score (nSPS) is 11.7. The van der Waals surface area contributed by atoms with Crippen molar-refractivity contribution in [3.8, 4) is 11.6 Å². The molecule has 0 unspecified atom stereocenters. The third kappa shape index (κ3) is 4.45. The van der Waals surface area contributed by atoms with Gasteiger partial charge in [0.1, 0.15) is 18.2 Å². The molecule has 140 valence electrons. The summed E-state index contributed by atoms with van der Waals surface area (Å²) in [5.41, 5.74) is 1.25. The second-order valence-electron chi connectivity index (χ2n) is 6.01. The summed E-state index contributed by atoms with van der Waals surface area (Å²) in [6.45, 7) is 3.50. The molecule has 0 fully saturated rings. The van der Waals surface area contributed by atoms with Gasteiger partial charge >= 0.3 is 6.09 Å². The van der Waals surface area contributed by atoms with Gasteiger partial charge in [0.25, 0.3) is 0 Å². The number of nitrogens with one attached hydrogen (secondary N) is 1. The maximum atomic E-state index is 12.9. The Balaban J connectivity index is 1.92. The maximum Gasteiger partial charge on any atom is 0.425 e. The van der Waals surface area contributed by atoms with Gasteiger partial charge < -0.3 is 14.6 Å². The number of amides is 1. The van der Waals surface area contributed by atoms with Crippen molar-refractivity contribution in [3.05, 3.63) is 66.2 Å². The number of aromatic nitrogens is 2. The number of para-hydroxylation sites is 2. The van der Waals surface area contributed by atoms with E-state index in [4.69, 9.17) is 9.47 Å². The Kier molecular flexibility index (Phi) is 5.73. The Morgan fingerprint density at radius 2 is 1.78 bits per heavy atom. The molecule has 2 N–H and O–H groups in total. The topological polar surface area (TPSA) is 87.7 Å². The van der Waals surface area contributed by atoms with E-state index in [-0.39, 0.29) is 6.61 Å². The van der Waals surface area contributed by atoms with E-state index < -0.39 is 12.2 Å². The number of carbonyl (C=O) groups excluding carboxylic acids is 1. The molecule has 1 heterocycles. The molecule has 1 aromatic heterocycles. The van der Waals surface area contributed by atoms with Gasteiger partial charge in [-0.2, -0.15) is 0 Å². The number of carbonyl (C=O) groups is 1. The minimum absolute atomic E-state index is 0.102. The fourth-order valence-corrected chi connectivity index (χ4v) is 2.47. The largest absolute Gasteiger partial charge is 0.474 e. The quantitative estimate of drug-likeness (QED) is 0.692. The Bertz CT molecular complexity index is 879. The van der Waals surface area contributed by atoms with E-state index in [0.29, 0.717) is 28.7 Å². The second-order valence-corrected chi connectivity index (χ2v) is 6.01. The van der Waals surface area contributed by atoms with Crippen molar-refractivity contribution >= 4 is 17.6 Å². The number of H-pyrrole nitrogens is 1. The van der Waals surface area contributed by atoms with Crippen molar-refractivity contribution in [1.29, 1.82) is 0 Å². The second kappa shape index (κ2) is 8.37. The molecule has 3 aromatic rings. The average molecular weight is 367 g/mol. The molecular formula is C20H21N3O4. The Morgan fingerprint density at radius 3 is 2.41 bits per heavy atom. The van der Waals surface area contributed by atoms with Gasteiger partial charge in [-0.1, -0.05) is 36.4 Å².